The molecular weight excluding hydrogens is 214 g/mol. The minimum atomic E-state index is -0.961. The number of hydrogen-bond donors (Lipinski definition) is 0. The van der Waals surface area contributed by atoms with E-state index in [1.165, 1.54) is 43.5 Å². The molecule has 3 nitrogen and oxygen atoms in total. The number of carboxylic acids is 1. The van der Waals surface area contributed by atoms with Gasteiger partial charge in [-0.3, -0.25) is 0 Å². The molecule has 0 aromatic carbocycles. The summed E-state index contributed by atoms with van der Waals surface area (Å²) in [6, 6.07) is 0. The zero-order chi connectivity index (χ0) is 13.7. The second-order valence-electron chi connectivity index (χ2n) is 4.49. The SMILES string of the molecule is CCCC(=O)[O-].CCCC[N+](CC)(CC)CC. The predicted octanol–water partition coefficient (Wildman–Crippen LogP) is 2.20. The lowest BCUT2D eigenvalue weighted by Crippen LogP contribution is -2.48. The molecule has 0 aliphatic carbocycles. The Kier molecular flexibility index (Phi) is 13.2. The Hall–Kier alpha value is -0.570. The van der Waals surface area contributed by atoms with Gasteiger partial charge in [0.1, 0.15) is 0 Å². The van der Waals surface area contributed by atoms with Crippen LogP contribution in [0.2, 0.25) is 0 Å². The molecular formula is C14H31NO2. The maximum Gasteiger partial charge on any atom is 0.0786 e. The van der Waals surface area contributed by atoms with Gasteiger partial charge in [-0.15, -0.1) is 0 Å². The van der Waals surface area contributed by atoms with Crippen molar-refractivity contribution in [3.05, 3.63) is 0 Å². The number of hydrogen-bond acceptors (Lipinski definition) is 2. The summed E-state index contributed by atoms with van der Waals surface area (Å²) in [6.45, 7) is 16.3. The van der Waals surface area contributed by atoms with Crippen molar-refractivity contribution in [2.24, 2.45) is 0 Å². The summed E-state index contributed by atoms with van der Waals surface area (Å²) in [7, 11) is 0. The smallest absolute Gasteiger partial charge is 0.0786 e. The highest BCUT2D eigenvalue weighted by molar-refractivity contribution is 5.63. The van der Waals surface area contributed by atoms with E-state index in [0.717, 1.165) is 0 Å². The molecule has 104 valence electrons. The largest absolute Gasteiger partial charge is 0.550 e. The lowest BCUT2D eigenvalue weighted by molar-refractivity contribution is -0.923. The van der Waals surface area contributed by atoms with Crippen LogP contribution < -0.4 is 5.11 Å². The zero-order valence-electron chi connectivity index (χ0n) is 12.4. The molecule has 0 heterocycles. The van der Waals surface area contributed by atoms with Crippen molar-refractivity contribution in [2.75, 3.05) is 26.2 Å². The first-order valence-electron chi connectivity index (χ1n) is 7.06. The number of unbranched alkanes of at least 4 members (excludes halogenated alkanes) is 1. The van der Waals surface area contributed by atoms with Crippen LogP contribution in [0.25, 0.3) is 0 Å². The fourth-order valence-corrected chi connectivity index (χ4v) is 1.84. The third kappa shape index (κ3) is 10.3. The molecule has 0 saturated carbocycles. The van der Waals surface area contributed by atoms with Crippen molar-refractivity contribution >= 4 is 5.97 Å². The molecule has 17 heavy (non-hydrogen) atoms. The van der Waals surface area contributed by atoms with Crippen molar-refractivity contribution in [3.8, 4) is 0 Å². The molecule has 0 N–H and O–H groups in total. The van der Waals surface area contributed by atoms with Gasteiger partial charge in [-0.05, 0) is 33.6 Å². The van der Waals surface area contributed by atoms with Gasteiger partial charge in [0.15, 0.2) is 0 Å². The van der Waals surface area contributed by atoms with E-state index in [0.29, 0.717) is 6.42 Å². The summed E-state index contributed by atoms with van der Waals surface area (Å²) in [6.07, 6.45) is 3.57. The monoisotopic (exact) mass is 245 g/mol. The highest BCUT2D eigenvalue weighted by atomic mass is 16.4. The average Bonchev–Trinajstić information content (AvgIpc) is 2.32. The third-order valence-corrected chi connectivity index (χ3v) is 3.45. The zero-order valence-corrected chi connectivity index (χ0v) is 12.4. The Morgan fingerprint density at radius 1 is 0.941 bits per heavy atom. The topological polar surface area (TPSA) is 40.1 Å². The fourth-order valence-electron chi connectivity index (χ4n) is 1.84. The van der Waals surface area contributed by atoms with Gasteiger partial charge in [-0.25, -0.2) is 0 Å². The van der Waals surface area contributed by atoms with E-state index in [-0.39, 0.29) is 6.42 Å². The maximum atomic E-state index is 9.49. The minimum absolute atomic E-state index is 0.181. The van der Waals surface area contributed by atoms with Gasteiger partial charge in [0, 0.05) is 5.97 Å². The second kappa shape index (κ2) is 11.9. The van der Waals surface area contributed by atoms with Crippen molar-refractivity contribution in [1.82, 2.24) is 0 Å². The lowest BCUT2D eigenvalue weighted by atomic mass is 10.2. The van der Waals surface area contributed by atoms with E-state index in [1.54, 1.807) is 6.92 Å². The summed E-state index contributed by atoms with van der Waals surface area (Å²) in [4.78, 5) is 9.49. The van der Waals surface area contributed by atoms with E-state index < -0.39 is 5.97 Å². The van der Waals surface area contributed by atoms with Crippen molar-refractivity contribution in [2.45, 2.75) is 60.3 Å². The number of carbonyl (C=O) groups is 1. The van der Waals surface area contributed by atoms with Crippen LogP contribution in [-0.2, 0) is 4.79 Å². The Morgan fingerprint density at radius 3 is 1.59 bits per heavy atom. The van der Waals surface area contributed by atoms with Gasteiger partial charge >= 0.3 is 0 Å². The number of nitrogens with zero attached hydrogens (tertiary/aromatic N) is 1. The molecule has 0 aliphatic rings. The first-order chi connectivity index (χ1) is 8.01. The average molecular weight is 245 g/mol. The van der Waals surface area contributed by atoms with E-state index in [9.17, 15) is 9.90 Å². The predicted molar refractivity (Wildman–Crippen MR) is 71.6 cm³/mol. The standard InChI is InChI=1S/C10H24N.C4H8O2/c1-5-9-10-11(6-2,7-3)8-4;1-2-3-4(5)6/h5-10H2,1-4H3;2-3H2,1H3,(H,5,6)/q+1;/p-1. The van der Waals surface area contributed by atoms with E-state index in [4.69, 9.17) is 0 Å². The quantitative estimate of drug-likeness (QED) is 0.615. The van der Waals surface area contributed by atoms with Crippen LogP contribution in [0.4, 0.5) is 0 Å². The van der Waals surface area contributed by atoms with Gasteiger partial charge in [-0.2, -0.15) is 0 Å². The molecule has 3 heteroatoms. The van der Waals surface area contributed by atoms with Gasteiger partial charge in [0.25, 0.3) is 0 Å². The van der Waals surface area contributed by atoms with Gasteiger partial charge in [0.2, 0.25) is 0 Å². The van der Waals surface area contributed by atoms with Crippen LogP contribution in [0.5, 0.6) is 0 Å². The highest BCUT2D eigenvalue weighted by Crippen LogP contribution is 2.07. The summed E-state index contributed by atoms with van der Waals surface area (Å²) >= 11 is 0. The molecule has 0 aromatic rings. The van der Waals surface area contributed by atoms with E-state index in [1.807, 2.05) is 0 Å². The summed E-state index contributed by atoms with van der Waals surface area (Å²) in [5, 5.41) is 9.49. The normalized spacial score (nSPS) is 10.6. The number of carboxylic acid groups (broad SMARTS) is 1. The molecule has 0 bridgehead atoms. The molecule has 0 aliphatic heterocycles. The number of rotatable bonds is 8. The molecule has 0 unspecified atom stereocenters. The van der Waals surface area contributed by atoms with Crippen LogP contribution in [-0.4, -0.2) is 36.6 Å². The Balaban J connectivity index is 0. The van der Waals surface area contributed by atoms with Crippen LogP contribution in [0.15, 0.2) is 0 Å². The van der Waals surface area contributed by atoms with Gasteiger partial charge in [0.05, 0.1) is 26.2 Å². The van der Waals surface area contributed by atoms with Crippen molar-refractivity contribution in [1.29, 1.82) is 0 Å². The third-order valence-electron chi connectivity index (χ3n) is 3.45. The summed E-state index contributed by atoms with van der Waals surface area (Å²) in [5.41, 5.74) is 0. The molecule has 0 radical (unpaired) electrons. The lowest BCUT2D eigenvalue weighted by Gasteiger charge is -2.35. The molecule has 0 aromatic heterocycles. The van der Waals surface area contributed by atoms with Crippen LogP contribution in [0.3, 0.4) is 0 Å². The molecule has 0 rings (SSSR count). The molecule has 0 atom stereocenters. The number of quaternary nitrogens is 1. The van der Waals surface area contributed by atoms with Crippen molar-refractivity contribution < 1.29 is 14.4 Å². The number of aliphatic carboxylic acids is 1. The second-order valence-corrected chi connectivity index (χ2v) is 4.49. The fraction of sp³-hybridized carbons (Fsp3) is 0.929. The first-order valence-corrected chi connectivity index (χ1v) is 7.06. The molecule has 0 amide bonds. The van der Waals surface area contributed by atoms with Crippen LogP contribution in [0, 0.1) is 0 Å². The van der Waals surface area contributed by atoms with Crippen LogP contribution >= 0.6 is 0 Å². The molecule has 0 spiro atoms. The van der Waals surface area contributed by atoms with Gasteiger partial charge < -0.3 is 14.4 Å². The molecule has 0 saturated heterocycles. The maximum absolute atomic E-state index is 9.49. The molecule has 0 fully saturated rings. The van der Waals surface area contributed by atoms with E-state index >= 15 is 0 Å². The summed E-state index contributed by atoms with van der Waals surface area (Å²) < 4.78 is 1.31. The Morgan fingerprint density at radius 2 is 1.41 bits per heavy atom. The summed E-state index contributed by atoms with van der Waals surface area (Å²) in [5.74, 6) is -0.961. The minimum Gasteiger partial charge on any atom is -0.550 e. The van der Waals surface area contributed by atoms with E-state index in [2.05, 4.69) is 27.7 Å². The number of carbonyl (C=O) groups excluding carboxylic acids is 1. The Bertz CT molecular complexity index is 169. The van der Waals surface area contributed by atoms with Gasteiger partial charge in [-0.1, -0.05) is 26.7 Å². The highest BCUT2D eigenvalue weighted by Gasteiger charge is 2.18. The van der Waals surface area contributed by atoms with Crippen LogP contribution in [0.1, 0.15) is 60.3 Å². The van der Waals surface area contributed by atoms with Crippen molar-refractivity contribution in [3.63, 3.8) is 0 Å². The Labute approximate surface area is 107 Å². The first kappa shape index (κ1) is 18.8.